The fraction of sp³-hybridized carbons (Fsp3) is 0.333. The van der Waals surface area contributed by atoms with Crippen molar-refractivity contribution in [2.75, 3.05) is 20.8 Å². The van der Waals surface area contributed by atoms with Gasteiger partial charge in [0.2, 0.25) is 5.91 Å². The summed E-state index contributed by atoms with van der Waals surface area (Å²) < 4.78 is 14.9. The fourth-order valence-electron chi connectivity index (χ4n) is 4.72. The Balaban J connectivity index is 1.57. The number of carbonyl (C=O) groups excluding carboxylic acids is 1. The number of amides is 1. The molecule has 4 heterocycles. The van der Waals surface area contributed by atoms with E-state index in [1.807, 2.05) is 34.5 Å². The SMILES string of the molecule is COc1cc2c(cc1OC)[C@H](c1cccs1)N(C(=O)Cn1cnc3c1c(=O)n(C)c(=O)n3C)CC2. The number of hydrogen-bond acceptors (Lipinski definition) is 7. The largest absolute Gasteiger partial charge is 0.493 e. The van der Waals surface area contributed by atoms with E-state index in [1.165, 1.54) is 22.5 Å². The lowest BCUT2D eigenvalue weighted by molar-refractivity contribution is -0.133. The van der Waals surface area contributed by atoms with E-state index in [1.54, 1.807) is 32.6 Å². The molecule has 0 fully saturated rings. The molecule has 0 saturated carbocycles. The highest BCUT2D eigenvalue weighted by Crippen LogP contribution is 2.42. The van der Waals surface area contributed by atoms with E-state index < -0.39 is 11.2 Å². The zero-order valence-corrected chi connectivity index (χ0v) is 20.7. The predicted molar refractivity (Wildman–Crippen MR) is 131 cm³/mol. The molecule has 1 aromatic carbocycles. The predicted octanol–water partition coefficient (Wildman–Crippen LogP) is 1.69. The number of aryl methyl sites for hydroxylation is 1. The molecule has 182 valence electrons. The van der Waals surface area contributed by atoms with Gasteiger partial charge in [-0.15, -0.1) is 11.3 Å². The van der Waals surface area contributed by atoms with Gasteiger partial charge < -0.3 is 18.9 Å². The summed E-state index contributed by atoms with van der Waals surface area (Å²) in [7, 11) is 6.17. The van der Waals surface area contributed by atoms with Gasteiger partial charge in [-0.1, -0.05) is 6.07 Å². The van der Waals surface area contributed by atoms with Gasteiger partial charge in [-0.3, -0.25) is 18.7 Å². The van der Waals surface area contributed by atoms with E-state index >= 15 is 0 Å². The number of rotatable bonds is 5. The number of imidazole rings is 1. The van der Waals surface area contributed by atoms with Crippen LogP contribution >= 0.6 is 11.3 Å². The van der Waals surface area contributed by atoms with E-state index in [4.69, 9.17) is 9.47 Å². The summed E-state index contributed by atoms with van der Waals surface area (Å²) in [5.74, 6) is 1.11. The molecular weight excluding hydrogens is 470 g/mol. The van der Waals surface area contributed by atoms with Gasteiger partial charge in [0.1, 0.15) is 6.54 Å². The number of carbonyl (C=O) groups is 1. The van der Waals surface area contributed by atoms with Gasteiger partial charge in [-0.2, -0.15) is 0 Å². The van der Waals surface area contributed by atoms with Crippen LogP contribution in [0, 0.1) is 0 Å². The molecule has 35 heavy (non-hydrogen) atoms. The van der Waals surface area contributed by atoms with Crippen LogP contribution in [-0.4, -0.2) is 50.3 Å². The smallest absolute Gasteiger partial charge is 0.332 e. The zero-order chi connectivity index (χ0) is 24.9. The van der Waals surface area contributed by atoms with Crippen molar-refractivity contribution >= 4 is 28.4 Å². The average Bonchev–Trinajstić information content (AvgIpc) is 3.55. The van der Waals surface area contributed by atoms with E-state index in [-0.39, 0.29) is 29.7 Å². The highest BCUT2D eigenvalue weighted by Gasteiger charge is 2.34. The van der Waals surface area contributed by atoms with Crippen LogP contribution in [0.15, 0.2) is 45.6 Å². The van der Waals surface area contributed by atoms with Crippen LogP contribution in [0.5, 0.6) is 11.5 Å². The van der Waals surface area contributed by atoms with Crippen molar-refractivity contribution in [2.45, 2.75) is 19.0 Å². The normalized spacial score (nSPS) is 15.3. The molecule has 0 bridgehead atoms. The topological polar surface area (TPSA) is 101 Å². The van der Waals surface area contributed by atoms with Crippen LogP contribution in [-0.2, 0) is 31.9 Å². The number of ether oxygens (including phenoxy) is 2. The Morgan fingerprint density at radius 1 is 1.14 bits per heavy atom. The Morgan fingerprint density at radius 3 is 2.57 bits per heavy atom. The first-order chi connectivity index (χ1) is 16.8. The first-order valence-corrected chi connectivity index (χ1v) is 11.9. The minimum Gasteiger partial charge on any atom is -0.493 e. The number of thiophene rings is 1. The summed E-state index contributed by atoms with van der Waals surface area (Å²) in [6, 6.07) is 7.60. The molecule has 1 aliphatic heterocycles. The molecule has 0 unspecified atom stereocenters. The van der Waals surface area contributed by atoms with Crippen molar-refractivity contribution < 1.29 is 14.3 Å². The van der Waals surface area contributed by atoms with Crippen molar-refractivity contribution in [1.29, 1.82) is 0 Å². The third-order valence-corrected chi connectivity index (χ3v) is 7.45. The molecule has 4 aromatic rings. The maximum Gasteiger partial charge on any atom is 0.332 e. The summed E-state index contributed by atoms with van der Waals surface area (Å²) in [6.07, 6.45) is 2.10. The summed E-state index contributed by atoms with van der Waals surface area (Å²) in [6.45, 7) is 0.432. The molecule has 0 saturated heterocycles. The van der Waals surface area contributed by atoms with Gasteiger partial charge in [0, 0.05) is 25.5 Å². The highest BCUT2D eigenvalue weighted by atomic mass is 32.1. The lowest BCUT2D eigenvalue weighted by Crippen LogP contribution is -2.42. The van der Waals surface area contributed by atoms with Gasteiger partial charge in [0.25, 0.3) is 5.56 Å². The summed E-state index contributed by atoms with van der Waals surface area (Å²) in [5.41, 5.74) is 1.61. The van der Waals surface area contributed by atoms with Crippen LogP contribution in [0.4, 0.5) is 0 Å². The molecule has 1 atom stereocenters. The first kappa shape index (κ1) is 22.9. The van der Waals surface area contributed by atoms with E-state index in [9.17, 15) is 14.4 Å². The number of methoxy groups -OCH3 is 2. The van der Waals surface area contributed by atoms with Crippen LogP contribution in [0.25, 0.3) is 11.2 Å². The highest BCUT2D eigenvalue weighted by molar-refractivity contribution is 7.10. The molecule has 1 aliphatic rings. The Hall–Kier alpha value is -3.86. The Bertz CT molecular complexity index is 1550. The second-order valence-corrected chi connectivity index (χ2v) is 9.39. The fourth-order valence-corrected chi connectivity index (χ4v) is 5.58. The molecule has 0 aliphatic carbocycles. The van der Waals surface area contributed by atoms with Gasteiger partial charge >= 0.3 is 5.69 Å². The van der Waals surface area contributed by atoms with Gasteiger partial charge in [0.05, 0.1) is 26.6 Å². The van der Waals surface area contributed by atoms with Crippen molar-refractivity contribution in [3.05, 3.63) is 72.8 Å². The number of benzene rings is 1. The summed E-state index contributed by atoms with van der Waals surface area (Å²) in [5, 5.41) is 1.99. The number of aromatic nitrogens is 4. The zero-order valence-electron chi connectivity index (χ0n) is 19.8. The molecule has 5 rings (SSSR count). The average molecular weight is 496 g/mol. The Labute approximate surface area is 204 Å². The molecule has 0 N–H and O–H groups in total. The number of hydrogen-bond donors (Lipinski definition) is 0. The Kier molecular flexibility index (Phi) is 5.72. The van der Waals surface area contributed by atoms with Crippen LogP contribution < -0.4 is 20.7 Å². The number of fused-ring (bicyclic) bond motifs is 2. The Morgan fingerprint density at radius 2 is 1.89 bits per heavy atom. The maximum absolute atomic E-state index is 13.7. The monoisotopic (exact) mass is 495 g/mol. The van der Waals surface area contributed by atoms with Crippen molar-refractivity contribution in [1.82, 2.24) is 23.6 Å². The molecule has 0 radical (unpaired) electrons. The second-order valence-electron chi connectivity index (χ2n) is 8.41. The minimum absolute atomic E-state index is 0.0750. The summed E-state index contributed by atoms with van der Waals surface area (Å²) >= 11 is 1.58. The molecule has 3 aromatic heterocycles. The van der Waals surface area contributed by atoms with Crippen molar-refractivity contribution in [2.24, 2.45) is 14.1 Å². The van der Waals surface area contributed by atoms with Gasteiger partial charge in [-0.05, 0) is 41.1 Å². The van der Waals surface area contributed by atoms with Crippen LogP contribution in [0.3, 0.4) is 0 Å². The third kappa shape index (κ3) is 3.63. The third-order valence-electron chi connectivity index (χ3n) is 6.53. The molecule has 0 spiro atoms. The van der Waals surface area contributed by atoms with Crippen molar-refractivity contribution in [3.63, 3.8) is 0 Å². The minimum atomic E-state index is -0.482. The lowest BCUT2D eigenvalue weighted by Gasteiger charge is -2.37. The summed E-state index contributed by atoms with van der Waals surface area (Å²) in [4.78, 5) is 45.9. The molecule has 10 nitrogen and oxygen atoms in total. The van der Waals surface area contributed by atoms with Crippen LogP contribution in [0.1, 0.15) is 22.0 Å². The molecular formula is C24H25N5O5S. The van der Waals surface area contributed by atoms with E-state index in [0.29, 0.717) is 24.5 Å². The first-order valence-electron chi connectivity index (χ1n) is 11.0. The molecule has 11 heteroatoms. The van der Waals surface area contributed by atoms with Gasteiger partial charge in [-0.25, -0.2) is 9.78 Å². The lowest BCUT2D eigenvalue weighted by atomic mass is 9.90. The van der Waals surface area contributed by atoms with E-state index in [0.717, 1.165) is 20.6 Å². The van der Waals surface area contributed by atoms with Gasteiger partial charge in [0.15, 0.2) is 22.7 Å². The quantitative estimate of drug-likeness (QED) is 0.418. The second kappa shape index (κ2) is 8.73. The number of nitrogens with zero attached hydrogens (tertiary/aromatic N) is 5. The maximum atomic E-state index is 13.7. The standard InChI is InChI=1S/C24H25N5O5S/c1-26-22-21(23(31)27(2)24(26)32)28(13-25-22)12-19(30)29-8-7-14-10-16(33-3)17(34-4)11-15(14)20(29)18-6-5-9-35-18/h5-6,9-11,13,20H,7-8,12H2,1-4H3/t20-/m1/s1. The van der Waals surface area contributed by atoms with E-state index in [2.05, 4.69) is 4.98 Å². The van der Waals surface area contributed by atoms with Crippen molar-refractivity contribution in [3.8, 4) is 11.5 Å². The molecule has 1 amide bonds. The van der Waals surface area contributed by atoms with Crippen LogP contribution in [0.2, 0.25) is 0 Å².